The molecule has 0 aromatic heterocycles. The standard InChI is InChI=1S/C20H30N2O5S/c1-13-8-9-17(10-15(13)3)28(25,26)21-11-20(24)27-12-19(23)22-18-7-5-6-14(2)16(18)4/h8-10,14,16,18,21H,5-7,11-12H2,1-4H3,(H,22,23). The van der Waals surface area contributed by atoms with Crippen molar-refractivity contribution in [3.8, 4) is 0 Å². The number of benzene rings is 1. The normalized spacial score (nSPS) is 22.5. The van der Waals surface area contributed by atoms with E-state index in [9.17, 15) is 18.0 Å². The third kappa shape index (κ3) is 6.04. The summed E-state index contributed by atoms with van der Waals surface area (Å²) >= 11 is 0. The van der Waals surface area contributed by atoms with Crippen LogP contribution in [0, 0.1) is 25.7 Å². The number of carbonyl (C=O) groups excluding carboxylic acids is 2. The molecule has 2 rings (SSSR count). The van der Waals surface area contributed by atoms with Crippen LogP contribution in [0.25, 0.3) is 0 Å². The summed E-state index contributed by atoms with van der Waals surface area (Å²) in [6, 6.07) is 4.82. The van der Waals surface area contributed by atoms with Gasteiger partial charge in [0.05, 0.1) is 4.90 Å². The molecule has 7 nitrogen and oxygen atoms in total. The van der Waals surface area contributed by atoms with Gasteiger partial charge in [0.25, 0.3) is 5.91 Å². The highest BCUT2D eigenvalue weighted by Crippen LogP contribution is 2.29. The van der Waals surface area contributed by atoms with E-state index in [1.165, 1.54) is 6.07 Å². The first kappa shape index (κ1) is 22.4. The summed E-state index contributed by atoms with van der Waals surface area (Å²) in [5.74, 6) is -0.247. The molecule has 8 heteroatoms. The Balaban J connectivity index is 1.79. The molecule has 0 radical (unpaired) electrons. The maximum Gasteiger partial charge on any atom is 0.321 e. The van der Waals surface area contributed by atoms with Crippen molar-refractivity contribution in [3.05, 3.63) is 29.3 Å². The number of rotatable bonds is 7. The fourth-order valence-electron chi connectivity index (χ4n) is 3.35. The van der Waals surface area contributed by atoms with Crippen molar-refractivity contribution >= 4 is 21.9 Å². The van der Waals surface area contributed by atoms with Crippen LogP contribution < -0.4 is 10.0 Å². The van der Waals surface area contributed by atoms with Crippen molar-refractivity contribution in [3.63, 3.8) is 0 Å². The van der Waals surface area contributed by atoms with Crippen molar-refractivity contribution in [2.24, 2.45) is 11.8 Å². The molecule has 1 aromatic rings. The highest BCUT2D eigenvalue weighted by Gasteiger charge is 2.28. The van der Waals surface area contributed by atoms with Gasteiger partial charge in [-0.3, -0.25) is 9.59 Å². The second kappa shape index (κ2) is 9.52. The number of sulfonamides is 1. The number of aryl methyl sites for hydroxylation is 2. The molecule has 0 heterocycles. The van der Waals surface area contributed by atoms with E-state index in [0.29, 0.717) is 11.8 Å². The first-order valence-electron chi connectivity index (χ1n) is 9.62. The molecule has 156 valence electrons. The zero-order chi connectivity index (χ0) is 20.9. The monoisotopic (exact) mass is 410 g/mol. The molecular formula is C20H30N2O5S. The number of nitrogens with one attached hydrogen (secondary N) is 2. The summed E-state index contributed by atoms with van der Waals surface area (Å²) < 4.78 is 31.6. The van der Waals surface area contributed by atoms with Crippen LogP contribution in [0.4, 0.5) is 0 Å². The number of carbonyl (C=O) groups is 2. The molecule has 28 heavy (non-hydrogen) atoms. The molecule has 1 aliphatic rings. The Morgan fingerprint density at radius 2 is 1.86 bits per heavy atom. The lowest BCUT2D eigenvalue weighted by atomic mass is 9.78. The largest absolute Gasteiger partial charge is 0.455 e. The molecule has 3 unspecified atom stereocenters. The Morgan fingerprint density at radius 3 is 2.54 bits per heavy atom. The maximum atomic E-state index is 12.3. The molecule has 1 aliphatic carbocycles. The summed E-state index contributed by atoms with van der Waals surface area (Å²) in [5.41, 5.74) is 1.82. The van der Waals surface area contributed by atoms with Gasteiger partial charge in [-0.1, -0.05) is 32.8 Å². The molecule has 0 aliphatic heterocycles. The lowest BCUT2D eigenvalue weighted by Gasteiger charge is -2.34. The average molecular weight is 411 g/mol. The van der Waals surface area contributed by atoms with Crippen LogP contribution in [0.2, 0.25) is 0 Å². The highest BCUT2D eigenvalue weighted by atomic mass is 32.2. The van der Waals surface area contributed by atoms with Gasteiger partial charge in [-0.05, 0) is 55.4 Å². The van der Waals surface area contributed by atoms with Crippen LogP contribution in [0.1, 0.15) is 44.2 Å². The number of hydrogen-bond donors (Lipinski definition) is 2. The van der Waals surface area contributed by atoms with Crippen LogP contribution >= 0.6 is 0 Å². The SMILES string of the molecule is Cc1ccc(S(=O)(=O)NCC(=O)OCC(=O)NC2CCCC(C)C2C)cc1C. The molecule has 1 saturated carbocycles. The second-order valence-electron chi connectivity index (χ2n) is 7.67. The van der Waals surface area contributed by atoms with Crippen molar-refractivity contribution in [1.29, 1.82) is 0 Å². The maximum absolute atomic E-state index is 12.3. The van der Waals surface area contributed by atoms with Gasteiger partial charge >= 0.3 is 5.97 Å². The van der Waals surface area contributed by atoms with Crippen molar-refractivity contribution < 1.29 is 22.7 Å². The molecule has 0 spiro atoms. The fraction of sp³-hybridized carbons (Fsp3) is 0.600. The average Bonchev–Trinajstić information content (AvgIpc) is 2.64. The minimum Gasteiger partial charge on any atom is -0.455 e. The van der Waals surface area contributed by atoms with E-state index in [1.54, 1.807) is 12.1 Å². The number of hydrogen-bond acceptors (Lipinski definition) is 5. The minimum atomic E-state index is -3.82. The summed E-state index contributed by atoms with van der Waals surface area (Å²) in [6.07, 6.45) is 3.14. The summed E-state index contributed by atoms with van der Waals surface area (Å²) in [5, 5.41) is 2.91. The molecule has 2 N–H and O–H groups in total. The quantitative estimate of drug-likeness (QED) is 0.670. The predicted octanol–water partition coefficient (Wildman–Crippen LogP) is 2.07. The van der Waals surface area contributed by atoms with E-state index in [1.807, 2.05) is 13.8 Å². The Morgan fingerprint density at radius 1 is 1.14 bits per heavy atom. The summed E-state index contributed by atoms with van der Waals surface area (Å²) in [4.78, 5) is 23.9. The third-order valence-electron chi connectivity index (χ3n) is 5.61. The van der Waals surface area contributed by atoms with Crippen molar-refractivity contribution in [2.75, 3.05) is 13.2 Å². The number of esters is 1. The van der Waals surface area contributed by atoms with Crippen molar-refractivity contribution in [1.82, 2.24) is 10.0 Å². The van der Waals surface area contributed by atoms with E-state index in [0.717, 1.165) is 30.4 Å². The fourth-order valence-corrected chi connectivity index (χ4v) is 4.40. The smallest absolute Gasteiger partial charge is 0.321 e. The Bertz CT molecular complexity index is 822. The van der Waals surface area contributed by atoms with E-state index in [2.05, 4.69) is 23.9 Å². The molecule has 1 aromatic carbocycles. The Labute approximate surface area is 167 Å². The second-order valence-corrected chi connectivity index (χ2v) is 9.44. The molecule has 1 amide bonds. The van der Waals surface area contributed by atoms with E-state index < -0.39 is 29.1 Å². The minimum absolute atomic E-state index is 0.0817. The molecule has 3 atom stereocenters. The molecule has 0 bridgehead atoms. The van der Waals surface area contributed by atoms with Gasteiger partial charge in [-0.15, -0.1) is 0 Å². The Hall–Kier alpha value is -1.93. The molecule has 0 saturated heterocycles. The zero-order valence-corrected chi connectivity index (χ0v) is 17.8. The first-order valence-corrected chi connectivity index (χ1v) is 11.1. The van der Waals surface area contributed by atoms with Crippen LogP contribution in [0.3, 0.4) is 0 Å². The highest BCUT2D eigenvalue weighted by molar-refractivity contribution is 7.89. The van der Waals surface area contributed by atoms with Crippen LogP contribution in [0.5, 0.6) is 0 Å². The van der Waals surface area contributed by atoms with E-state index in [-0.39, 0.29) is 16.8 Å². The van der Waals surface area contributed by atoms with Crippen LogP contribution in [-0.2, 0) is 24.3 Å². The van der Waals surface area contributed by atoms with Gasteiger partial charge in [0.1, 0.15) is 6.54 Å². The van der Waals surface area contributed by atoms with Gasteiger partial charge in [0.2, 0.25) is 10.0 Å². The third-order valence-corrected chi connectivity index (χ3v) is 7.01. The van der Waals surface area contributed by atoms with Gasteiger partial charge in [0, 0.05) is 6.04 Å². The summed E-state index contributed by atoms with van der Waals surface area (Å²) in [6.45, 7) is 7.04. The summed E-state index contributed by atoms with van der Waals surface area (Å²) in [7, 11) is -3.82. The first-order chi connectivity index (χ1) is 13.1. The molecule has 1 fully saturated rings. The van der Waals surface area contributed by atoms with Gasteiger partial charge in [0.15, 0.2) is 6.61 Å². The van der Waals surface area contributed by atoms with Gasteiger partial charge in [-0.25, -0.2) is 8.42 Å². The topological polar surface area (TPSA) is 102 Å². The van der Waals surface area contributed by atoms with E-state index >= 15 is 0 Å². The Kier molecular flexibility index (Phi) is 7.60. The predicted molar refractivity (Wildman–Crippen MR) is 106 cm³/mol. The number of amides is 1. The lowest BCUT2D eigenvalue weighted by molar-refractivity contribution is -0.147. The van der Waals surface area contributed by atoms with Gasteiger partial charge < -0.3 is 10.1 Å². The molecular weight excluding hydrogens is 380 g/mol. The zero-order valence-electron chi connectivity index (χ0n) is 16.9. The van der Waals surface area contributed by atoms with Crippen LogP contribution in [0.15, 0.2) is 23.1 Å². The van der Waals surface area contributed by atoms with Gasteiger partial charge in [-0.2, -0.15) is 4.72 Å². The van der Waals surface area contributed by atoms with Crippen molar-refractivity contribution in [2.45, 2.75) is 57.9 Å². The van der Waals surface area contributed by atoms with Crippen LogP contribution in [-0.4, -0.2) is 39.5 Å². The number of ether oxygens (including phenoxy) is 1. The van der Waals surface area contributed by atoms with E-state index in [4.69, 9.17) is 4.74 Å². The lowest BCUT2D eigenvalue weighted by Crippen LogP contribution is -2.45.